The van der Waals surface area contributed by atoms with Gasteiger partial charge in [0.2, 0.25) is 0 Å². The maximum absolute atomic E-state index is 12.6. The topological polar surface area (TPSA) is 81.7 Å². The molecule has 0 fully saturated rings. The highest BCUT2D eigenvalue weighted by molar-refractivity contribution is 6.01. The second kappa shape index (κ2) is 5.46. The predicted molar refractivity (Wildman–Crippen MR) is 80.9 cm³/mol. The van der Waals surface area contributed by atoms with Gasteiger partial charge in [0, 0.05) is 6.54 Å². The Hall–Kier alpha value is -2.34. The normalized spacial score (nSPS) is 22.3. The summed E-state index contributed by atoms with van der Waals surface area (Å²) in [4.78, 5) is 26.0. The summed E-state index contributed by atoms with van der Waals surface area (Å²) < 4.78 is 0. The molecule has 3 rings (SSSR count). The molecule has 6 heteroatoms. The highest BCUT2D eigenvalue weighted by atomic mass is 16.3. The molecule has 22 heavy (non-hydrogen) atoms. The highest BCUT2D eigenvalue weighted by Gasteiger charge is 2.40. The van der Waals surface area contributed by atoms with Crippen LogP contribution in [0.5, 0.6) is 0 Å². The average Bonchev–Trinajstić information content (AvgIpc) is 2.74. The summed E-state index contributed by atoms with van der Waals surface area (Å²) in [5, 5.41) is 15.0. The van der Waals surface area contributed by atoms with E-state index in [9.17, 15) is 14.7 Å². The molecule has 1 unspecified atom stereocenters. The summed E-state index contributed by atoms with van der Waals surface area (Å²) in [7, 11) is 0. The van der Waals surface area contributed by atoms with Gasteiger partial charge in [0.15, 0.2) is 0 Å². The van der Waals surface area contributed by atoms with Crippen molar-refractivity contribution in [2.75, 3.05) is 13.1 Å². The van der Waals surface area contributed by atoms with Crippen molar-refractivity contribution in [1.82, 2.24) is 15.5 Å². The van der Waals surface area contributed by atoms with E-state index in [1.54, 1.807) is 11.8 Å². The molecular weight excluding hydrogens is 282 g/mol. The van der Waals surface area contributed by atoms with E-state index >= 15 is 0 Å². The lowest BCUT2D eigenvalue weighted by Crippen LogP contribution is -2.44. The number of nitrogens with zero attached hydrogens (tertiary/aromatic N) is 1. The van der Waals surface area contributed by atoms with Crippen LogP contribution in [-0.4, -0.2) is 41.1 Å². The Labute approximate surface area is 128 Å². The highest BCUT2D eigenvalue weighted by Crippen LogP contribution is 2.32. The zero-order chi connectivity index (χ0) is 15.9. The molecule has 1 aromatic rings. The fraction of sp³-hybridized carbons (Fsp3) is 0.375. The number of carbonyl (C=O) groups is 2. The second-order valence-electron chi connectivity index (χ2n) is 5.87. The minimum absolute atomic E-state index is 0.144. The first-order valence-corrected chi connectivity index (χ1v) is 7.30. The van der Waals surface area contributed by atoms with Gasteiger partial charge in [-0.05, 0) is 19.4 Å². The molecule has 0 saturated heterocycles. The largest absolute Gasteiger partial charge is 0.392 e. The minimum Gasteiger partial charge on any atom is -0.392 e. The number of urea groups is 1. The summed E-state index contributed by atoms with van der Waals surface area (Å²) in [5.41, 5.74) is 3.18. The average molecular weight is 301 g/mol. The lowest BCUT2D eigenvalue weighted by Gasteiger charge is -2.25. The van der Waals surface area contributed by atoms with E-state index in [4.69, 9.17) is 0 Å². The van der Waals surface area contributed by atoms with Crippen LogP contribution in [0, 0.1) is 6.92 Å². The van der Waals surface area contributed by atoms with E-state index in [-0.39, 0.29) is 18.5 Å². The molecule has 0 spiro atoms. The van der Waals surface area contributed by atoms with E-state index in [0.29, 0.717) is 17.8 Å². The molecule has 0 radical (unpaired) electrons. The maximum atomic E-state index is 12.6. The Morgan fingerprint density at radius 2 is 2.00 bits per heavy atom. The second-order valence-corrected chi connectivity index (χ2v) is 5.87. The molecule has 0 aromatic heterocycles. The number of rotatable bonds is 3. The fourth-order valence-corrected chi connectivity index (χ4v) is 2.90. The van der Waals surface area contributed by atoms with Gasteiger partial charge in [0.1, 0.15) is 0 Å². The Bertz CT molecular complexity index is 649. The van der Waals surface area contributed by atoms with E-state index in [2.05, 4.69) is 10.6 Å². The monoisotopic (exact) mass is 301 g/mol. The molecular formula is C16H19N3O3. The van der Waals surface area contributed by atoms with Crippen LogP contribution in [0.15, 0.2) is 35.5 Å². The number of amides is 3. The Balaban J connectivity index is 1.94. The maximum Gasteiger partial charge on any atom is 0.319 e. The van der Waals surface area contributed by atoms with Gasteiger partial charge in [-0.3, -0.25) is 4.79 Å². The SMILES string of the molecule is Cc1ccc(C2NC(=O)NC3=C2C(=O)N(C[C@H](C)O)C3)cc1. The lowest BCUT2D eigenvalue weighted by atomic mass is 9.95. The van der Waals surface area contributed by atoms with Crippen LogP contribution in [-0.2, 0) is 4.79 Å². The lowest BCUT2D eigenvalue weighted by molar-refractivity contribution is -0.126. The van der Waals surface area contributed by atoms with Crippen LogP contribution >= 0.6 is 0 Å². The number of benzene rings is 1. The van der Waals surface area contributed by atoms with Gasteiger partial charge < -0.3 is 20.6 Å². The summed E-state index contributed by atoms with van der Waals surface area (Å²) in [5.74, 6) is -0.144. The fourth-order valence-electron chi connectivity index (χ4n) is 2.90. The summed E-state index contributed by atoms with van der Waals surface area (Å²) in [6.45, 7) is 4.20. The van der Waals surface area contributed by atoms with Crippen LogP contribution in [0.2, 0.25) is 0 Å². The minimum atomic E-state index is -0.605. The number of aliphatic hydroxyl groups excluding tert-OH is 1. The molecule has 3 N–H and O–H groups in total. The number of β-amino-alcohol motifs (C(OH)–C–C–N with tert-alkyl or cyclic N) is 1. The van der Waals surface area contributed by atoms with E-state index in [1.165, 1.54) is 0 Å². The zero-order valence-corrected chi connectivity index (χ0v) is 12.6. The van der Waals surface area contributed by atoms with E-state index < -0.39 is 12.1 Å². The van der Waals surface area contributed by atoms with Crippen LogP contribution in [0.3, 0.4) is 0 Å². The van der Waals surface area contributed by atoms with Crippen LogP contribution in [0.4, 0.5) is 4.79 Å². The molecule has 0 bridgehead atoms. The zero-order valence-electron chi connectivity index (χ0n) is 12.6. The standard InChI is InChI=1S/C16H19N3O3/c1-9-3-5-11(6-4-9)14-13-12(17-16(22)18-14)8-19(15(13)21)7-10(2)20/h3-6,10,14,20H,7-8H2,1-2H3,(H2,17,18,22)/t10-,14?/m0/s1. The van der Waals surface area contributed by atoms with Gasteiger partial charge in [0.05, 0.1) is 30.0 Å². The van der Waals surface area contributed by atoms with Crippen molar-refractivity contribution in [1.29, 1.82) is 0 Å². The molecule has 2 heterocycles. The van der Waals surface area contributed by atoms with Crippen molar-refractivity contribution in [2.45, 2.75) is 26.0 Å². The Kier molecular flexibility index (Phi) is 3.62. The van der Waals surface area contributed by atoms with Crippen LogP contribution in [0.1, 0.15) is 24.1 Å². The van der Waals surface area contributed by atoms with Crippen molar-refractivity contribution in [3.63, 3.8) is 0 Å². The van der Waals surface area contributed by atoms with Gasteiger partial charge in [-0.15, -0.1) is 0 Å². The van der Waals surface area contributed by atoms with Crippen LogP contribution < -0.4 is 10.6 Å². The molecule has 2 atom stereocenters. The van der Waals surface area contributed by atoms with Crippen molar-refractivity contribution >= 4 is 11.9 Å². The number of aryl methyl sites for hydroxylation is 1. The van der Waals surface area contributed by atoms with Crippen molar-refractivity contribution in [3.8, 4) is 0 Å². The first-order valence-electron chi connectivity index (χ1n) is 7.30. The summed E-state index contributed by atoms with van der Waals surface area (Å²) in [6, 6.07) is 6.99. The van der Waals surface area contributed by atoms with E-state index in [1.807, 2.05) is 31.2 Å². The number of nitrogens with one attached hydrogen (secondary N) is 2. The molecule has 116 valence electrons. The summed E-state index contributed by atoms with van der Waals surface area (Å²) >= 11 is 0. The quantitative estimate of drug-likeness (QED) is 0.773. The molecule has 2 aliphatic heterocycles. The molecule has 6 nitrogen and oxygen atoms in total. The third kappa shape index (κ3) is 2.57. The van der Waals surface area contributed by atoms with Crippen LogP contribution in [0.25, 0.3) is 0 Å². The molecule has 2 aliphatic rings. The molecule has 3 amide bonds. The number of aliphatic hydroxyl groups is 1. The predicted octanol–water partition coefficient (Wildman–Crippen LogP) is 0.826. The van der Waals surface area contributed by atoms with Crippen molar-refractivity contribution in [3.05, 3.63) is 46.7 Å². The number of hydrogen-bond donors (Lipinski definition) is 3. The Morgan fingerprint density at radius 1 is 1.32 bits per heavy atom. The summed E-state index contributed by atoms with van der Waals surface area (Å²) in [6.07, 6.45) is -0.605. The number of hydrogen-bond acceptors (Lipinski definition) is 3. The van der Waals surface area contributed by atoms with Gasteiger partial charge in [-0.1, -0.05) is 29.8 Å². The first kappa shape index (κ1) is 14.6. The smallest absolute Gasteiger partial charge is 0.319 e. The Morgan fingerprint density at radius 3 is 2.64 bits per heavy atom. The molecule has 0 saturated carbocycles. The first-order chi connectivity index (χ1) is 10.5. The van der Waals surface area contributed by atoms with Gasteiger partial charge in [-0.2, -0.15) is 0 Å². The molecule has 1 aromatic carbocycles. The number of carbonyl (C=O) groups excluding carboxylic acids is 2. The van der Waals surface area contributed by atoms with Gasteiger partial charge in [0.25, 0.3) is 5.91 Å². The van der Waals surface area contributed by atoms with Crippen molar-refractivity contribution < 1.29 is 14.7 Å². The third-order valence-electron chi connectivity index (χ3n) is 3.92. The third-order valence-corrected chi connectivity index (χ3v) is 3.92. The molecule has 0 aliphatic carbocycles. The van der Waals surface area contributed by atoms with Crippen molar-refractivity contribution in [2.24, 2.45) is 0 Å². The van der Waals surface area contributed by atoms with Gasteiger partial charge in [-0.25, -0.2) is 4.79 Å². The van der Waals surface area contributed by atoms with Gasteiger partial charge >= 0.3 is 6.03 Å². The van der Waals surface area contributed by atoms with E-state index in [0.717, 1.165) is 11.1 Å².